The van der Waals surface area contributed by atoms with E-state index in [2.05, 4.69) is 0 Å². The van der Waals surface area contributed by atoms with Crippen molar-refractivity contribution in [3.8, 4) is 11.5 Å². The Balaban J connectivity index is 2.05. The summed E-state index contributed by atoms with van der Waals surface area (Å²) in [4.78, 5) is 11.3. The minimum absolute atomic E-state index is 0.647. The smallest absolute Gasteiger partial charge is 0.160 e. The molecule has 0 saturated heterocycles. The normalized spacial score (nSPS) is 10.6. The van der Waals surface area contributed by atoms with Gasteiger partial charge in [0.1, 0.15) is 11.5 Å². The third-order valence-corrected chi connectivity index (χ3v) is 3.94. The number of thiophene rings is 1. The van der Waals surface area contributed by atoms with Gasteiger partial charge >= 0.3 is 0 Å². The van der Waals surface area contributed by atoms with Gasteiger partial charge in [0.25, 0.3) is 0 Å². The molecule has 2 aromatic carbocycles. The maximum Gasteiger partial charge on any atom is 0.160 e. The van der Waals surface area contributed by atoms with E-state index in [1.165, 1.54) is 11.3 Å². The molecule has 0 fully saturated rings. The number of rotatable bonds is 3. The molecule has 0 aliphatic heterocycles. The molecular weight excluding hydrogens is 280 g/mol. The summed E-state index contributed by atoms with van der Waals surface area (Å²) in [5.41, 5.74) is 0. The molecule has 3 aromatic rings. The van der Waals surface area contributed by atoms with Crippen LogP contribution in [0.25, 0.3) is 10.8 Å². The molecule has 0 amide bonds. The highest BCUT2D eigenvalue weighted by molar-refractivity contribution is 7.11. The van der Waals surface area contributed by atoms with E-state index in [-0.39, 0.29) is 0 Å². The summed E-state index contributed by atoms with van der Waals surface area (Å²) in [7, 11) is 0. The molecule has 0 N–H and O–H groups in total. The monoisotopic (exact) mass is 288 g/mol. The molecule has 0 bridgehead atoms. The van der Waals surface area contributed by atoms with Crippen LogP contribution in [0.4, 0.5) is 0 Å². The summed E-state index contributed by atoms with van der Waals surface area (Å²) in [6.07, 6.45) is 0.817. The zero-order valence-electron chi connectivity index (χ0n) is 9.80. The SMILES string of the molecule is O=Cc1cc(Oc2ccc(Cl)c3ccccc23)cs1. The van der Waals surface area contributed by atoms with E-state index in [1.807, 2.05) is 41.8 Å². The van der Waals surface area contributed by atoms with Crippen molar-refractivity contribution in [2.24, 2.45) is 0 Å². The highest BCUT2D eigenvalue weighted by Crippen LogP contribution is 2.35. The van der Waals surface area contributed by atoms with Crippen molar-refractivity contribution >= 4 is 40.0 Å². The van der Waals surface area contributed by atoms with Crippen LogP contribution >= 0.6 is 22.9 Å². The summed E-state index contributed by atoms with van der Waals surface area (Å²) >= 11 is 7.52. The summed E-state index contributed by atoms with van der Waals surface area (Å²) < 4.78 is 5.82. The number of carbonyl (C=O) groups excluding carboxylic acids is 1. The van der Waals surface area contributed by atoms with Crippen LogP contribution in [0.1, 0.15) is 9.67 Å². The first kappa shape index (κ1) is 12.2. The molecule has 1 aromatic heterocycles. The van der Waals surface area contributed by atoms with Crippen LogP contribution in [0.2, 0.25) is 5.02 Å². The van der Waals surface area contributed by atoms with E-state index < -0.39 is 0 Å². The Morgan fingerprint density at radius 2 is 1.89 bits per heavy atom. The number of carbonyl (C=O) groups is 1. The average molecular weight is 289 g/mol. The van der Waals surface area contributed by atoms with Crippen molar-refractivity contribution in [3.05, 3.63) is 57.7 Å². The molecule has 0 saturated carbocycles. The number of ether oxygens (including phenoxy) is 1. The fraction of sp³-hybridized carbons (Fsp3) is 0. The number of halogens is 1. The molecule has 0 radical (unpaired) electrons. The van der Waals surface area contributed by atoms with Crippen LogP contribution in [0.3, 0.4) is 0 Å². The first-order chi connectivity index (χ1) is 9.28. The van der Waals surface area contributed by atoms with Crippen molar-refractivity contribution in [2.75, 3.05) is 0 Å². The Bertz CT molecular complexity index is 749. The number of hydrogen-bond donors (Lipinski definition) is 0. The maximum absolute atomic E-state index is 10.7. The molecular formula is C15H9ClO2S. The standard InChI is InChI=1S/C15H9ClO2S/c16-14-5-6-15(13-4-2-1-3-12(13)14)18-10-7-11(8-17)19-9-10/h1-9H. The second-order valence-corrected chi connectivity index (χ2v) is 5.35. The Morgan fingerprint density at radius 3 is 2.63 bits per heavy atom. The Morgan fingerprint density at radius 1 is 1.11 bits per heavy atom. The predicted molar refractivity (Wildman–Crippen MR) is 78.7 cm³/mol. The van der Waals surface area contributed by atoms with Gasteiger partial charge in [-0.3, -0.25) is 4.79 Å². The number of hydrogen-bond acceptors (Lipinski definition) is 3. The lowest BCUT2D eigenvalue weighted by molar-refractivity contribution is 0.112. The summed E-state index contributed by atoms with van der Waals surface area (Å²) in [6.45, 7) is 0. The molecule has 1 heterocycles. The lowest BCUT2D eigenvalue weighted by Gasteiger charge is -2.08. The van der Waals surface area contributed by atoms with Crippen LogP contribution in [-0.2, 0) is 0 Å². The Labute approximate surface area is 119 Å². The largest absolute Gasteiger partial charge is 0.456 e. The summed E-state index contributed by atoms with van der Waals surface area (Å²) in [6, 6.07) is 13.2. The van der Waals surface area contributed by atoms with Gasteiger partial charge in [-0.2, -0.15) is 0 Å². The van der Waals surface area contributed by atoms with E-state index in [9.17, 15) is 4.79 Å². The molecule has 94 valence electrons. The minimum atomic E-state index is 0.647. The number of aldehydes is 1. The van der Waals surface area contributed by atoms with Gasteiger partial charge in [-0.1, -0.05) is 35.9 Å². The summed E-state index contributed by atoms with van der Waals surface area (Å²) in [5.74, 6) is 1.40. The van der Waals surface area contributed by atoms with Gasteiger partial charge in [-0.15, -0.1) is 11.3 Å². The van der Waals surface area contributed by atoms with Crippen LogP contribution in [0.15, 0.2) is 47.8 Å². The van der Waals surface area contributed by atoms with Gasteiger partial charge in [-0.25, -0.2) is 0 Å². The lowest BCUT2D eigenvalue weighted by atomic mass is 10.1. The molecule has 0 spiro atoms. The van der Waals surface area contributed by atoms with Gasteiger partial charge in [0, 0.05) is 27.2 Å². The van der Waals surface area contributed by atoms with Crippen LogP contribution in [0.5, 0.6) is 11.5 Å². The molecule has 0 atom stereocenters. The molecule has 2 nitrogen and oxygen atoms in total. The van der Waals surface area contributed by atoms with Gasteiger partial charge in [0.05, 0.1) is 4.88 Å². The van der Waals surface area contributed by atoms with E-state index in [0.717, 1.165) is 22.8 Å². The quantitative estimate of drug-likeness (QED) is 0.622. The van der Waals surface area contributed by atoms with Gasteiger partial charge < -0.3 is 4.74 Å². The van der Waals surface area contributed by atoms with E-state index in [0.29, 0.717) is 15.6 Å². The van der Waals surface area contributed by atoms with Crippen molar-refractivity contribution < 1.29 is 9.53 Å². The van der Waals surface area contributed by atoms with Crippen molar-refractivity contribution in [1.82, 2.24) is 0 Å². The van der Waals surface area contributed by atoms with Crippen LogP contribution < -0.4 is 4.74 Å². The molecule has 0 aliphatic carbocycles. The number of benzene rings is 2. The molecule has 3 rings (SSSR count). The van der Waals surface area contributed by atoms with Crippen molar-refractivity contribution in [1.29, 1.82) is 0 Å². The minimum Gasteiger partial charge on any atom is -0.456 e. The van der Waals surface area contributed by atoms with Crippen LogP contribution in [-0.4, -0.2) is 6.29 Å². The van der Waals surface area contributed by atoms with E-state index in [4.69, 9.17) is 16.3 Å². The molecule has 0 aliphatic rings. The predicted octanol–water partition coefficient (Wildman–Crippen LogP) is 5.16. The highest BCUT2D eigenvalue weighted by atomic mass is 35.5. The Hall–Kier alpha value is -1.84. The van der Waals surface area contributed by atoms with Crippen molar-refractivity contribution in [2.45, 2.75) is 0 Å². The first-order valence-corrected chi connectivity index (χ1v) is 6.92. The van der Waals surface area contributed by atoms with E-state index in [1.54, 1.807) is 6.07 Å². The van der Waals surface area contributed by atoms with Gasteiger partial charge in [-0.05, 0) is 12.1 Å². The van der Waals surface area contributed by atoms with Gasteiger partial charge in [0.15, 0.2) is 6.29 Å². The topological polar surface area (TPSA) is 26.3 Å². The second-order valence-electron chi connectivity index (χ2n) is 4.00. The lowest BCUT2D eigenvalue weighted by Crippen LogP contribution is -1.84. The summed E-state index contributed by atoms with van der Waals surface area (Å²) in [5, 5.41) is 4.41. The zero-order chi connectivity index (χ0) is 13.2. The molecule has 4 heteroatoms. The maximum atomic E-state index is 10.7. The van der Waals surface area contributed by atoms with E-state index >= 15 is 0 Å². The van der Waals surface area contributed by atoms with Gasteiger partial charge in [0.2, 0.25) is 0 Å². The first-order valence-electron chi connectivity index (χ1n) is 5.67. The molecule has 19 heavy (non-hydrogen) atoms. The van der Waals surface area contributed by atoms with Crippen LogP contribution in [0, 0.1) is 0 Å². The fourth-order valence-electron chi connectivity index (χ4n) is 1.90. The third-order valence-electron chi connectivity index (χ3n) is 2.77. The average Bonchev–Trinajstić information content (AvgIpc) is 2.90. The third kappa shape index (κ3) is 2.35. The zero-order valence-corrected chi connectivity index (χ0v) is 11.4. The Kier molecular flexibility index (Phi) is 3.23. The number of fused-ring (bicyclic) bond motifs is 1. The molecule has 0 unspecified atom stereocenters. The van der Waals surface area contributed by atoms with Crippen molar-refractivity contribution in [3.63, 3.8) is 0 Å². The second kappa shape index (κ2) is 5.03. The fourth-order valence-corrected chi connectivity index (χ4v) is 2.74. The highest BCUT2D eigenvalue weighted by Gasteiger charge is 2.07.